The first-order valence-corrected chi connectivity index (χ1v) is 10.2. The molecule has 0 aromatic heterocycles. The highest BCUT2D eigenvalue weighted by Gasteiger charge is 2.31. The SMILES string of the molecule is CC(C)(C)OC(=O)C[C@H](NC(=O)OCC1c2ccccc2-c2ccccc21)C(=O)C=[N+]=[N-]. The minimum Gasteiger partial charge on any atom is -0.460 e. The van der Waals surface area contributed by atoms with Crippen molar-refractivity contribution in [2.24, 2.45) is 0 Å². The van der Waals surface area contributed by atoms with E-state index in [1.54, 1.807) is 20.8 Å². The summed E-state index contributed by atoms with van der Waals surface area (Å²) in [4.78, 5) is 39.5. The average Bonchev–Trinajstić information content (AvgIpc) is 3.04. The molecule has 1 aliphatic rings. The maximum absolute atomic E-state index is 12.5. The lowest BCUT2D eigenvalue weighted by Gasteiger charge is -2.21. The third kappa shape index (κ3) is 5.47. The number of hydrogen-bond acceptors (Lipinski definition) is 5. The molecule has 166 valence electrons. The smallest absolute Gasteiger partial charge is 0.407 e. The van der Waals surface area contributed by atoms with Gasteiger partial charge in [-0.15, -0.1) is 0 Å². The highest BCUT2D eigenvalue weighted by Crippen LogP contribution is 2.44. The lowest BCUT2D eigenvalue weighted by atomic mass is 9.98. The van der Waals surface area contributed by atoms with E-state index in [2.05, 4.69) is 10.1 Å². The molecule has 0 bridgehead atoms. The van der Waals surface area contributed by atoms with Crippen LogP contribution < -0.4 is 5.32 Å². The first-order valence-electron chi connectivity index (χ1n) is 10.2. The van der Waals surface area contributed by atoms with Crippen LogP contribution >= 0.6 is 0 Å². The maximum atomic E-state index is 12.5. The van der Waals surface area contributed by atoms with E-state index in [0.717, 1.165) is 22.3 Å². The van der Waals surface area contributed by atoms with Crippen molar-refractivity contribution in [3.63, 3.8) is 0 Å². The maximum Gasteiger partial charge on any atom is 0.407 e. The lowest BCUT2D eigenvalue weighted by molar-refractivity contribution is -0.156. The molecule has 3 rings (SSSR count). The summed E-state index contributed by atoms with van der Waals surface area (Å²) in [6.07, 6.45) is -0.662. The molecule has 1 amide bonds. The molecule has 0 aliphatic heterocycles. The standard InChI is InChI=1S/C24H25N3O5/c1-24(2,3)32-22(29)12-20(21(28)13-26-25)27-23(30)31-14-19-17-10-6-4-8-15(17)16-9-5-7-11-18(16)19/h4-11,13,19-20H,12,14H2,1-3H3,(H,27,30)/t20-/m0/s1. The number of hydrogen-bond donors (Lipinski definition) is 1. The van der Waals surface area contributed by atoms with Gasteiger partial charge in [-0.2, -0.15) is 4.79 Å². The van der Waals surface area contributed by atoms with Gasteiger partial charge in [0.25, 0.3) is 5.78 Å². The number of nitrogens with zero attached hydrogens (tertiary/aromatic N) is 2. The van der Waals surface area contributed by atoms with Gasteiger partial charge >= 0.3 is 18.3 Å². The quantitative estimate of drug-likeness (QED) is 0.309. The van der Waals surface area contributed by atoms with E-state index in [9.17, 15) is 14.4 Å². The molecule has 1 N–H and O–H groups in total. The molecule has 0 spiro atoms. The van der Waals surface area contributed by atoms with Gasteiger partial charge in [0.2, 0.25) is 0 Å². The van der Waals surface area contributed by atoms with Gasteiger partial charge in [-0.3, -0.25) is 9.59 Å². The number of esters is 1. The molecule has 0 unspecified atom stereocenters. The monoisotopic (exact) mass is 435 g/mol. The number of nitrogens with one attached hydrogen (secondary N) is 1. The zero-order chi connectivity index (χ0) is 23.3. The van der Waals surface area contributed by atoms with Crippen molar-refractivity contribution in [2.45, 2.75) is 44.8 Å². The number of amides is 1. The van der Waals surface area contributed by atoms with Crippen molar-refractivity contribution >= 4 is 24.1 Å². The van der Waals surface area contributed by atoms with Gasteiger partial charge in [0.1, 0.15) is 18.2 Å². The van der Waals surface area contributed by atoms with Crippen molar-refractivity contribution in [1.29, 1.82) is 0 Å². The van der Waals surface area contributed by atoms with E-state index in [0.29, 0.717) is 6.21 Å². The van der Waals surface area contributed by atoms with E-state index in [1.807, 2.05) is 48.5 Å². The molecule has 1 atom stereocenters. The molecule has 0 radical (unpaired) electrons. The Kier molecular flexibility index (Phi) is 6.85. The van der Waals surface area contributed by atoms with Crippen LogP contribution in [0.5, 0.6) is 0 Å². The second-order valence-electron chi connectivity index (χ2n) is 8.46. The van der Waals surface area contributed by atoms with Crippen molar-refractivity contribution in [3.8, 4) is 11.1 Å². The zero-order valence-electron chi connectivity index (χ0n) is 18.2. The summed E-state index contributed by atoms with van der Waals surface area (Å²) in [6, 6.07) is 14.5. The lowest BCUT2D eigenvalue weighted by Crippen LogP contribution is -2.44. The molecular formula is C24H25N3O5. The Morgan fingerprint density at radius 3 is 2.16 bits per heavy atom. The zero-order valence-corrected chi connectivity index (χ0v) is 18.2. The number of alkyl carbamates (subject to hydrolysis) is 1. The second kappa shape index (κ2) is 9.58. The summed E-state index contributed by atoms with van der Waals surface area (Å²) in [5.41, 5.74) is 12.2. The number of carbonyl (C=O) groups is 3. The molecule has 1 aliphatic carbocycles. The molecule has 0 saturated carbocycles. The fourth-order valence-electron chi connectivity index (χ4n) is 3.70. The average molecular weight is 435 g/mol. The summed E-state index contributed by atoms with van der Waals surface area (Å²) in [7, 11) is 0. The van der Waals surface area contributed by atoms with Crippen LogP contribution in [0, 0.1) is 0 Å². The fraction of sp³-hybridized carbons (Fsp3) is 0.333. The van der Waals surface area contributed by atoms with Gasteiger partial charge in [0.05, 0.1) is 6.42 Å². The Balaban J connectivity index is 1.68. The second-order valence-corrected chi connectivity index (χ2v) is 8.46. The number of fused-ring (bicyclic) bond motifs is 3. The summed E-state index contributed by atoms with van der Waals surface area (Å²) in [5.74, 6) is -1.58. The molecule has 2 aromatic rings. The van der Waals surface area contributed by atoms with Crippen LogP contribution in [0.3, 0.4) is 0 Å². The van der Waals surface area contributed by atoms with Gasteiger partial charge in [-0.05, 0) is 43.0 Å². The summed E-state index contributed by atoms with van der Waals surface area (Å²) in [6.45, 7) is 5.13. The number of carbonyl (C=O) groups excluding carboxylic acids is 3. The largest absolute Gasteiger partial charge is 0.460 e. The minimum absolute atomic E-state index is 0.0568. The van der Waals surface area contributed by atoms with Crippen LogP contribution in [-0.2, 0) is 19.1 Å². The number of rotatable bonds is 7. The summed E-state index contributed by atoms with van der Waals surface area (Å²) in [5, 5.41) is 2.38. The van der Waals surface area contributed by atoms with Crippen LogP contribution in [0.4, 0.5) is 4.79 Å². The van der Waals surface area contributed by atoms with E-state index >= 15 is 0 Å². The van der Waals surface area contributed by atoms with Crippen LogP contribution in [0.15, 0.2) is 48.5 Å². The van der Waals surface area contributed by atoms with E-state index < -0.39 is 35.9 Å². The predicted octanol–water partition coefficient (Wildman–Crippen LogP) is 3.50. The Hall–Kier alpha value is -3.77. The van der Waals surface area contributed by atoms with Gasteiger partial charge < -0.3 is 20.3 Å². The van der Waals surface area contributed by atoms with Gasteiger partial charge in [0.15, 0.2) is 0 Å². The Morgan fingerprint density at radius 2 is 1.62 bits per heavy atom. The molecule has 8 heteroatoms. The van der Waals surface area contributed by atoms with Crippen molar-refractivity contribution < 1.29 is 28.6 Å². The molecule has 32 heavy (non-hydrogen) atoms. The number of benzene rings is 2. The van der Waals surface area contributed by atoms with E-state index in [4.69, 9.17) is 15.0 Å². The van der Waals surface area contributed by atoms with Crippen LogP contribution in [0.2, 0.25) is 0 Å². The molecular weight excluding hydrogens is 410 g/mol. The molecule has 8 nitrogen and oxygen atoms in total. The molecule has 0 fully saturated rings. The molecule has 2 aromatic carbocycles. The summed E-state index contributed by atoms with van der Waals surface area (Å²) >= 11 is 0. The first kappa shape index (κ1) is 22.9. The normalized spacial score (nSPS) is 13.2. The summed E-state index contributed by atoms with van der Waals surface area (Å²) < 4.78 is 10.6. The Labute approximate surface area is 186 Å². The number of ketones is 1. The van der Waals surface area contributed by atoms with Crippen LogP contribution in [0.25, 0.3) is 16.7 Å². The van der Waals surface area contributed by atoms with Crippen LogP contribution in [-0.4, -0.2) is 47.1 Å². The van der Waals surface area contributed by atoms with Crippen molar-refractivity contribution in [3.05, 3.63) is 65.2 Å². The Morgan fingerprint density at radius 1 is 1.06 bits per heavy atom. The molecule has 0 heterocycles. The van der Waals surface area contributed by atoms with Crippen molar-refractivity contribution in [2.75, 3.05) is 6.61 Å². The fourth-order valence-corrected chi connectivity index (χ4v) is 3.70. The highest BCUT2D eigenvalue weighted by molar-refractivity contribution is 6.28. The number of ether oxygens (including phenoxy) is 2. The van der Waals surface area contributed by atoms with Gasteiger partial charge in [-0.1, -0.05) is 48.5 Å². The van der Waals surface area contributed by atoms with Gasteiger partial charge in [0, 0.05) is 5.92 Å². The topological polar surface area (TPSA) is 118 Å². The third-order valence-electron chi connectivity index (χ3n) is 4.95. The Bertz CT molecular complexity index is 1040. The van der Waals surface area contributed by atoms with E-state index in [1.165, 1.54) is 0 Å². The molecule has 0 saturated heterocycles. The van der Waals surface area contributed by atoms with Crippen molar-refractivity contribution in [1.82, 2.24) is 5.32 Å². The van der Waals surface area contributed by atoms with Gasteiger partial charge in [-0.25, -0.2) is 4.79 Å². The highest BCUT2D eigenvalue weighted by atomic mass is 16.6. The third-order valence-corrected chi connectivity index (χ3v) is 4.95. The minimum atomic E-state index is -1.28. The van der Waals surface area contributed by atoms with E-state index in [-0.39, 0.29) is 12.5 Å². The van der Waals surface area contributed by atoms with Crippen LogP contribution in [0.1, 0.15) is 44.2 Å². The number of Topliss-reactive ketones (excluding diaryl/α,β-unsaturated/α-hetero) is 1. The first-order chi connectivity index (χ1) is 15.2. The predicted molar refractivity (Wildman–Crippen MR) is 117 cm³/mol.